The van der Waals surface area contributed by atoms with Crippen LogP contribution in [0.4, 0.5) is 0 Å². The third-order valence-electron chi connectivity index (χ3n) is 2.98. The number of carbonyl (C=O) groups is 1. The lowest BCUT2D eigenvalue weighted by Gasteiger charge is -2.10. The second-order valence-corrected chi connectivity index (χ2v) is 5.68. The van der Waals surface area contributed by atoms with Gasteiger partial charge in [0.2, 0.25) is 5.91 Å². The summed E-state index contributed by atoms with van der Waals surface area (Å²) in [6.07, 6.45) is 2.27. The van der Waals surface area contributed by atoms with Crippen LogP contribution in [0.25, 0.3) is 10.2 Å². The molecule has 1 unspecified atom stereocenters. The van der Waals surface area contributed by atoms with E-state index in [4.69, 9.17) is 5.73 Å². The van der Waals surface area contributed by atoms with Crippen molar-refractivity contribution in [2.45, 2.75) is 32.2 Å². The fourth-order valence-corrected chi connectivity index (χ4v) is 2.90. The highest BCUT2D eigenvalue weighted by Gasteiger charge is 2.10. The molecule has 1 amide bonds. The van der Waals surface area contributed by atoms with Crippen molar-refractivity contribution in [3.63, 3.8) is 0 Å². The summed E-state index contributed by atoms with van der Waals surface area (Å²) in [5, 5.41) is 4.54. The molecule has 0 radical (unpaired) electrons. The van der Waals surface area contributed by atoms with Crippen molar-refractivity contribution >= 4 is 27.5 Å². The molecule has 1 atom stereocenters. The summed E-state index contributed by atoms with van der Waals surface area (Å²) in [6, 6.07) is 8.41. The Kier molecular flexibility index (Phi) is 4.87. The van der Waals surface area contributed by atoms with E-state index in [-0.39, 0.29) is 11.9 Å². The lowest BCUT2D eigenvalue weighted by atomic mass is 10.2. The highest BCUT2D eigenvalue weighted by molar-refractivity contribution is 7.18. The molecule has 0 saturated carbocycles. The zero-order valence-corrected chi connectivity index (χ0v) is 11.9. The number of nitrogens with two attached hydrogens (primary N) is 1. The van der Waals surface area contributed by atoms with Gasteiger partial charge in [0, 0.05) is 6.42 Å². The van der Waals surface area contributed by atoms with Gasteiger partial charge in [0.15, 0.2) is 0 Å². The van der Waals surface area contributed by atoms with Crippen molar-refractivity contribution in [3.8, 4) is 0 Å². The minimum Gasteiger partial charge on any atom is -0.370 e. The Morgan fingerprint density at radius 2 is 2.21 bits per heavy atom. The molecule has 4 nitrogen and oxygen atoms in total. The maximum Gasteiger partial charge on any atom is 0.217 e. The molecule has 2 rings (SSSR count). The van der Waals surface area contributed by atoms with Crippen LogP contribution in [-0.4, -0.2) is 17.4 Å². The standard InChI is InChI=1S/C14H19N3OS/c1-10(16-9-5-4-8-13(15)18)14-17-11-6-2-3-7-12(11)19-14/h2-3,6-7,10,16H,4-5,8-9H2,1H3,(H2,15,18). The molecule has 0 saturated heterocycles. The molecule has 19 heavy (non-hydrogen) atoms. The van der Waals surface area contributed by atoms with E-state index in [9.17, 15) is 4.79 Å². The fraction of sp³-hybridized carbons (Fsp3) is 0.429. The first-order valence-electron chi connectivity index (χ1n) is 6.54. The minimum atomic E-state index is -0.223. The van der Waals surface area contributed by atoms with Crippen LogP contribution in [0.5, 0.6) is 0 Å². The van der Waals surface area contributed by atoms with E-state index < -0.39 is 0 Å². The Bertz CT molecular complexity index is 519. The monoisotopic (exact) mass is 277 g/mol. The van der Waals surface area contributed by atoms with Gasteiger partial charge in [0.25, 0.3) is 0 Å². The molecule has 1 aromatic heterocycles. The molecule has 0 fully saturated rings. The fourth-order valence-electron chi connectivity index (χ4n) is 1.91. The molecule has 3 N–H and O–H groups in total. The normalized spacial score (nSPS) is 12.7. The molecule has 1 aromatic carbocycles. The summed E-state index contributed by atoms with van der Waals surface area (Å²) >= 11 is 1.73. The number of rotatable bonds is 7. The summed E-state index contributed by atoms with van der Waals surface area (Å²) in [6.45, 7) is 3.00. The summed E-state index contributed by atoms with van der Waals surface area (Å²) in [5.74, 6) is -0.223. The number of hydrogen-bond acceptors (Lipinski definition) is 4. The summed E-state index contributed by atoms with van der Waals surface area (Å²) in [7, 11) is 0. The first kappa shape index (κ1) is 14.0. The molecule has 5 heteroatoms. The van der Waals surface area contributed by atoms with Crippen LogP contribution in [0.1, 0.15) is 37.2 Å². The number of carbonyl (C=O) groups excluding carboxylic acids is 1. The Hall–Kier alpha value is -1.46. The third kappa shape index (κ3) is 4.01. The van der Waals surface area contributed by atoms with Crippen LogP contribution in [0, 0.1) is 0 Å². The lowest BCUT2D eigenvalue weighted by molar-refractivity contribution is -0.118. The van der Waals surface area contributed by atoms with Crippen molar-refractivity contribution in [2.75, 3.05) is 6.54 Å². The lowest BCUT2D eigenvalue weighted by Crippen LogP contribution is -2.20. The first-order valence-corrected chi connectivity index (χ1v) is 7.35. The maximum absolute atomic E-state index is 10.6. The van der Waals surface area contributed by atoms with Crippen LogP contribution in [0.3, 0.4) is 0 Å². The van der Waals surface area contributed by atoms with E-state index in [1.54, 1.807) is 11.3 Å². The van der Waals surface area contributed by atoms with E-state index in [0.29, 0.717) is 6.42 Å². The van der Waals surface area contributed by atoms with Crippen LogP contribution < -0.4 is 11.1 Å². The number of aromatic nitrogens is 1. The van der Waals surface area contributed by atoms with Crippen LogP contribution in [0.2, 0.25) is 0 Å². The molecule has 0 aliphatic carbocycles. The molecular formula is C14H19N3OS. The predicted molar refractivity (Wildman–Crippen MR) is 79.1 cm³/mol. The smallest absolute Gasteiger partial charge is 0.217 e. The number of fused-ring (bicyclic) bond motifs is 1. The van der Waals surface area contributed by atoms with Crippen molar-refractivity contribution in [1.82, 2.24) is 10.3 Å². The van der Waals surface area contributed by atoms with Gasteiger partial charge in [-0.05, 0) is 38.4 Å². The number of amides is 1. The van der Waals surface area contributed by atoms with Crippen LogP contribution in [0.15, 0.2) is 24.3 Å². The number of para-hydroxylation sites is 1. The van der Waals surface area contributed by atoms with E-state index >= 15 is 0 Å². The van der Waals surface area contributed by atoms with Crippen LogP contribution >= 0.6 is 11.3 Å². The molecule has 0 bridgehead atoms. The topological polar surface area (TPSA) is 68.0 Å². The number of nitrogens with one attached hydrogen (secondary N) is 1. The van der Waals surface area contributed by atoms with E-state index in [1.807, 2.05) is 18.2 Å². The SMILES string of the molecule is CC(NCCCCC(N)=O)c1nc2ccccc2s1. The molecule has 0 aliphatic rings. The van der Waals surface area contributed by atoms with Crippen molar-refractivity contribution in [3.05, 3.63) is 29.3 Å². The van der Waals surface area contributed by atoms with Gasteiger partial charge >= 0.3 is 0 Å². The molecule has 0 spiro atoms. The number of nitrogens with zero attached hydrogens (tertiary/aromatic N) is 1. The van der Waals surface area contributed by atoms with Crippen molar-refractivity contribution in [2.24, 2.45) is 5.73 Å². The average molecular weight is 277 g/mol. The van der Waals surface area contributed by atoms with E-state index in [1.165, 1.54) is 4.70 Å². The Balaban J connectivity index is 1.82. The predicted octanol–water partition coefficient (Wildman–Crippen LogP) is 2.60. The average Bonchev–Trinajstić information content (AvgIpc) is 2.81. The summed E-state index contributed by atoms with van der Waals surface area (Å²) in [4.78, 5) is 15.2. The molecule has 0 aliphatic heterocycles. The third-order valence-corrected chi connectivity index (χ3v) is 4.20. The number of benzene rings is 1. The van der Waals surface area contributed by atoms with E-state index in [2.05, 4.69) is 23.3 Å². The number of primary amides is 1. The second kappa shape index (κ2) is 6.63. The molecular weight excluding hydrogens is 258 g/mol. The van der Waals surface area contributed by atoms with Crippen molar-refractivity contribution in [1.29, 1.82) is 0 Å². The van der Waals surface area contributed by atoms with Crippen molar-refractivity contribution < 1.29 is 4.79 Å². The van der Waals surface area contributed by atoms with Gasteiger partial charge in [-0.25, -0.2) is 4.98 Å². The first-order chi connectivity index (χ1) is 9.16. The van der Waals surface area contributed by atoms with Gasteiger partial charge in [0.05, 0.1) is 16.3 Å². The maximum atomic E-state index is 10.6. The second-order valence-electron chi connectivity index (χ2n) is 4.62. The van der Waals surface area contributed by atoms with Gasteiger partial charge < -0.3 is 11.1 Å². The number of unbranched alkanes of at least 4 members (excludes halogenated alkanes) is 1. The van der Waals surface area contributed by atoms with Gasteiger partial charge in [-0.1, -0.05) is 12.1 Å². The summed E-state index contributed by atoms with van der Waals surface area (Å²) in [5.41, 5.74) is 6.16. The van der Waals surface area contributed by atoms with Crippen LogP contribution in [-0.2, 0) is 4.79 Å². The zero-order chi connectivity index (χ0) is 13.7. The molecule has 2 aromatic rings. The minimum absolute atomic E-state index is 0.223. The van der Waals surface area contributed by atoms with E-state index in [0.717, 1.165) is 29.9 Å². The summed E-state index contributed by atoms with van der Waals surface area (Å²) < 4.78 is 1.22. The zero-order valence-electron chi connectivity index (χ0n) is 11.1. The molecule has 1 heterocycles. The highest BCUT2D eigenvalue weighted by atomic mass is 32.1. The van der Waals surface area contributed by atoms with Gasteiger partial charge in [0.1, 0.15) is 5.01 Å². The molecule has 102 valence electrons. The Morgan fingerprint density at radius 1 is 1.42 bits per heavy atom. The largest absolute Gasteiger partial charge is 0.370 e. The van der Waals surface area contributed by atoms with Gasteiger partial charge in [-0.15, -0.1) is 11.3 Å². The van der Waals surface area contributed by atoms with Gasteiger partial charge in [-0.3, -0.25) is 4.79 Å². The number of hydrogen-bond donors (Lipinski definition) is 2. The van der Waals surface area contributed by atoms with Gasteiger partial charge in [-0.2, -0.15) is 0 Å². The Morgan fingerprint density at radius 3 is 2.95 bits per heavy atom. The number of thiazole rings is 1. The Labute approximate surface area is 117 Å². The highest BCUT2D eigenvalue weighted by Crippen LogP contribution is 2.25. The quantitative estimate of drug-likeness (QED) is 0.764.